The first-order chi connectivity index (χ1) is 9.90. The minimum atomic E-state index is -3.47. The lowest BCUT2D eigenvalue weighted by Crippen LogP contribution is -2.45. The van der Waals surface area contributed by atoms with Crippen molar-refractivity contribution in [3.63, 3.8) is 0 Å². The van der Waals surface area contributed by atoms with Gasteiger partial charge < -0.3 is 0 Å². The normalized spacial score (nSPS) is 18.3. The van der Waals surface area contributed by atoms with Crippen LogP contribution in [0.4, 0.5) is 0 Å². The second-order valence-corrected chi connectivity index (χ2v) is 8.06. The van der Waals surface area contributed by atoms with E-state index in [1.54, 1.807) is 12.1 Å². The Kier molecular flexibility index (Phi) is 5.66. The monoisotopic (exact) mass is 330 g/mol. The van der Waals surface area contributed by atoms with Crippen molar-refractivity contribution in [2.24, 2.45) is 5.92 Å². The third-order valence-electron chi connectivity index (χ3n) is 3.99. The van der Waals surface area contributed by atoms with Crippen molar-refractivity contribution in [1.29, 1.82) is 0 Å². The van der Waals surface area contributed by atoms with Gasteiger partial charge in [-0.1, -0.05) is 25.4 Å². The first-order valence-corrected chi connectivity index (χ1v) is 9.25. The smallest absolute Gasteiger partial charge is 0.240 e. The van der Waals surface area contributed by atoms with Gasteiger partial charge in [-0.15, -0.1) is 0 Å². The number of nitrogens with one attached hydrogen (secondary N) is 1. The van der Waals surface area contributed by atoms with Crippen molar-refractivity contribution >= 4 is 21.6 Å². The maximum Gasteiger partial charge on any atom is 0.240 e. The SMILES string of the molecule is CC(C)C(CNS(=O)(=O)c1ccc(Cl)cc1)N1CCCC1. The van der Waals surface area contributed by atoms with E-state index in [1.165, 1.54) is 25.0 Å². The third kappa shape index (κ3) is 4.42. The van der Waals surface area contributed by atoms with Crippen LogP contribution < -0.4 is 4.72 Å². The van der Waals surface area contributed by atoms with Crippen LogP contribution in [0.1, 0.15) is 26.7 Å². The number of rotatable bonds is 6. The predicted molar refractivity (Wildman–Crippen MR) is 86.1 cm³/mol. The zero-order valence-corrected chi connectivity index (χ0v) is 14.1. The zero-order valence-electron chi connectivity index (χ0n) is 12.5. The van der Waals surface area contributed by atoms with Gasteiger partial charge in [-0.2, -0.15) is 0 Å². The van der Waals surface area contributed by atoms with E-state index < -0.39 is 10.0 Å². The lowest BCUT2D eigenvalue weighted by Gasteiger charge is -2.30. The van der Waals surface area contributed by atoms with Crippen LogP contribution in [0.15, 0.2) is 29.2 Å². The fourth-order valence-electron chi connectivity index (χ4n) is 2.75. The highest BCUT2D eigenvalue weighted by Gasteiger charge is 2.26. The van der Waals surface area contributed by atoms with E-state index in [1.807, 2.05) is 0 Å². The molecule has 0 amide bonds. The van der Waals surface area contributed by atoms with Crippen LogP contribution in [0.25, 0.3) is 0 Å². The second-order valence-electron chi connectivity index (χ2n) is 5.86. The Balaban J connectivity index is 2.03. The van der Waals surface area contributed by atoms with Gasteiger partial charge in [-0.3, -0.25) is 4.90 Å². The Hall–Kier alpha value is -0.620. The van der Waals surface area contributed by atoms with Crippen molar-refractivity contribution in [2.75, 3.05) is 19.6 Å². The van der Waals surface area contributed by atoms with Crippen LogP contribution in [-0.2, 0) is 10.0 Å². The van der Waals surface area contributed by atoms with E-state index in [-0.39, 0.29) is 10.9 Å². The molecule has 1 fully saturated rings. The molecule has 1 aliphatic heterocycles. The van der Waals surface area contributed by atoms with Gasteiger partial charge >= 0.3 is 0 Å². The summed E-state index contributed by atoms with van der Waals surface area (Å²) in [5, 5.41) is 0.533. The standard InChI is InChI=1S/C15H23ClN2O2S/c1-12(2)15(18-9-3-4-10-18)11-17-21(19,20)14-7-5-13(16)6-8-14/h5-8,12,15,17H,3-4,9-11H2,1-2H3. The summed E-state index contributed by atoms with van der Waals surface area (Å²) in [5.41, 5.74) is 0. The predicted octanol–water partition coefficient (Wildman–Crippen LogP) is 2.74. The van der Waals surface area contributed by atoms with Gasteiger partial charge in [0.2, 0.25) is 10.0 Å². The molecule has 0 bridgehead atoms. The molecule has 1 saturated heterocycles. The van der Waals surface area contributed by atoms with Gasteiger partial charge in [0.15, 0.2) is 0 Å². The maximum absolute atomic E-state index is 12.3. The summed E-state index contributed by atoms with van der Waals surface area (Å²) >= 11 is 5.80. The molecular formula is C15H23ClN2O2S. The Morgan fingerprint density at radius 3 is 2.29 bits per heavy atom. The average molecular weight is 331 g/mol. The molecule has 0 saturated carbocycles. The molecule has 118 valence electrons. The van der Waals surface area contributed by atoms with Crippen molar-refractivity contribution < 1.29 is 8.42 Å². The molecule has 0 spiro atoms. The summed E-state index contributed by atoms with van der Waals surface area (Å²) in [6, 6.07) is 6.50. The molecule has 21 heavy (non-hydrogen) atoms. The van der Waals surface area contributed by atoms with Crippen molar-refractivity contribution in [3.05, 3.63) is 29.3 Å². The van der Waals surface area contributed by atoms with Crippen molar-refractivity contribution in [3.8, 4) is 0 Å². The summed E-state index contributed by atoms with van der Waals surface area (Å²) in [7, 11) is -3.47. The van der Waals surface area contributed by atoms with Gasteiger partial charge in [0.05, 0.1) is 4.90 Å². The van der Waals surface area contributed by atoms with E-state index >= 15 is 0 Å². The number of hydrogen-bond donors (Lipinski definition) is 1. The minimum Gasteiger partial charge on any atom is -0.299 e. The fraction of sp³-hybridized carbons (Fsp3) is 0.600. The summed E-state index contributed by atoms with van der Waals surface area (Å²) in [4.78, 5) is 2.64. The molecule has 1 aliphatic rings. The lowest BCUT2D eigenvalue weighted by molar-refractivity contribution is 0.193. The number of hydrogen-bond acceptors (Lipinski definition) is 3. The van der Waals surface area contributed by atoms with Crippen LogP contribution in [0.5, 0.6) is 0 Å². The molecule has 0 radical (unpaired) electrons. The van der Waals surface area contributed by atoms with Crippen LogP contribution in [0.3, 0.4) is 0 Å². The molecule has 1 N–H and O–H groups in total. The molecule has 0 aromatic heterocycles. The first kappa shape index (κ1) is 16.7. The number of halogens is 1. The average Bonchev–Trinajstić information content (AvgIpc) is 2.93. The summed E-state index contributed by atoms with van der Waals surface area (Å²) in [6.07, 6.45) is 2.40. The zero-order chi connectivity index (χ0) is 15.5. The molecule has 4 nitrogen and oxygen atoms in total. The van der Waals surface area contributed by atoms with Gasteiger partial charge in [-0.05, 0) is 56.1 Å². The number of nitrogens with zero attached hydrogens (tertiary/aromatic N) is 1. The Labute approximate surface area is 132 Å². The lowest BCUT2D eigenvalue weighted by atomic mass is 10.0. The molecule has 2 rings (SSSR count). The molecule has 1 unspecified atom stereocenters. The molecule has 0 aliphatic carbocycles. The highest BCUT2D eigenvalue weighted by Crippen LogP contribution is 2.18. The maximum atomic E-state index is 12.3. The van der Waals surface area contributed by atoms with Gasteiger partial charge in [0, 0.05) is 17.6 Å². The van der Waals surface area contributed by atoms with Crippen LogP contribution in [0, 0.1) is 5.92 Å². The quantitative estimate of drug-likeness (QED) is 0.872. The van der Waals surface area contributed by atoms with E-state index in [0.717, 1.165) is 13.1 Å². The van der Waals surface area contributed by atoms with Crippen LogP contribution >= 0.6 is 11.6 Å². The molecule has 1 atom stereocenters. The summed E-state index contributed by atoms with van der Waals surface area (Å²) in [6.45, 7) is 6.85. The molecule has 1 aromatic rings. The highest BCUT2D eigenvalue weighted by molar-refractivity contribution is 7.89. The molecular weight excluding hydrogens is 308 g/mol. The molecule has 1 heterocycles. The van der Waals surface area contributed by atoms with Gasteiger partial charge in [0.1, 0.15) is 0 Å². The number of likely N-dealkylation sites (tertiary alicyclic amines) is 1. The Morgan fingerprint density at radius 1 is 1.19 bits per heavy atom. The topological polar surface area (TPSA) is 49.4 Å². The third-order valence-corrected chi connectivity index (χ3v) is 5.68. The fourth-order valence-corrected chi connectivity index (χ4v) is 3.93. The van der Waals surface area contributed by atoms with E-state index in [9.17, 15) is 8.42 Å². The van der Waals surface area contributed by atoms with Crippen molar-refractivity contribution in [2.45, 2.75) is 37.6 Å². The number of benzene rings is 1. The number of sulfonamides is 1. The summed E-state index contributed by atoms with van der Waals surface area (Å²) < 4.78 is 27.4. The van der Waals surface area contributed by atoms with Crippen LogP contribution in [-0.4, -0.2) is 39.0 Å². The van der Waals surface area contributed by atoms with E-state index in [0.29, 0.717) is 17.5 Å². The minimum absolute atomic E-state index is 0.245. The second kappa shape index (κ2) is 7.09. The molecule has 1 aromatic carbocycles. The van der Waals surface area contributed by atoms with Crippen LogP contribution in [0.2, 0.25) is 5.02 Å². The van der Waals surface area contributed by atoms with Crippen molar-refractivity contribution in [1.82, 2.24) is 9.62 Å². The van der Waals surface area contributed by atoms with Gasteiger partial charge in [-0.25, -0.2) is 13.1 Å². The van der Waals surface area contributed by atoms with E-state index in [2.05, 4.69) is 23.5 Å². The summed E-state index contributed by atoms with van der Waals surface area (Å²) in [5.74, 6) is 0.413. The molecule has 6 heteroatoms. The first-order valence-electron chi connectivity index (χ1n) is 7.39. The largest absolute Gasteiger partial charge is 0.299 e. The Morgan fingerprint density at radius 2 is 1.76 bits per heavy atom. The highest BCUT2D eigenvalue weighted by atomic mass is 35.5. The van der Waals surface area contributed by atoms with Gasteiger partial charge in [0.25, 0.3) is 0 Å². The Bertz CT molecular complexity index is 552. The van der Waals surface area contributed by atoms with E-state index in [4.69, 9.17) is 11.6 Å².